The van der Waals surface area contributed by atoms with Gasteiger partial charge in [0.2, 0.25) is 0 Å². The Labute approximate surface area is 257 Å². The van der Waals surface area contributed by atoms with Crippen LogP contribution in [-0.2, 0) is 29.7 Å². The van der Waals surface area contributed by atoms with Gasteiger partial charge in [0.05, 0.1) is 34.9 Å². The lowest BCUT2D eigenvalue weighted by Gasteiger charge is -2.47. The monoisotopic (exact) mass is 642 g/mol. The number of hydrogen-bond acceptors (Lipinski definition) is 6. The van der Waals surface area contributed by atoms with E-state index in [2.05, 4.69) is 15.1 Å². The van der Waals surface area contributed by atoms with Crippen LogP contribution in [0.5, 0.6) is 0 Å². The topological polar surface area (TPSA) is 103 Å². The Morgan fingerprint density at radius 1 is 1.13 bits per heavy atom. The third kappa shape index (κ3) is 5.39. The highest BCUT2D eigenvalue weighted by molar-refractivity contribution is 7.89. The second-order valence-electron chi connectivity index (χ2n) is 11.8. The highest BCUT2D eigenvalue weighted by Crippen LogP contribution is 2.51. The molecule has 3 heterocycles. The Balaban J connectivity index is 1.47. The zero-order chi connectivity index (χ0) is 32.3. The zero-order valence-electron chi connectivity index (χ0n) is 24.7. The Bertz CT molecular complexity index is 1910. The second-order valence-corrected chi connectivity index (χ2v) is 13.6. The number of aromatic nitrogens is 5. The SMILES string of the molecule is CC(C)N([C@H]1CCC2=Cc3c(cnn3-c3ccc(F)cc3)C[C@]2(C(=O)c2cc(C(F)(F)F)ccn2)C1)S(=O)(=O)c1cn(C)cn1. The Morgan fingerprint density at radius 3 is 2.51 bits per heavy atom. The number of fused-ring (bicyclic) bond motifs is 2. The third-order valence-electron chi connectivity index (χ3n) is 8.55. The van der Waals surface area contributed by atoms with Crippen molar-refractivity contribution < 1.29 is 30.8 Å². The number of carbonyl (C=O) groups excluding carboxylic acids is 1. The molecule has 45 heavy (non-hydrogen) atoms. The number of allylic oxidation sites excluding steroid dienone is 1. The molecular formula is C31H30F4N6O3S. The van der Waals surface area contributed by atoms with Crippen molar-refractivity contribution in [2.75, 3.05) is 0 Å². The van der Waals surface area contributed by atoms with Crippen molar-refractivity contribution >= 4 is 21.9 Å². The van der Waals surface area contributed by atoms with Crippen LogP contribution in [0.1, 0.15) is 60.4 Å². The number of alkyl halides is 3. The number of Topliss-reactive ketones (excluding diaryl/α,β-unsaturated/α-hetero) is 1. The molecule has 2 atom stereocenters. The van der Waals surface area contributed by atoms with Crippen LogP contribution < -0.4 is 0 Å². The van der Waals surface area contributed by atoms with E-state index in [0.29, 0.717) is 35.4 Å². The molecule has 1 saturated carbocycles. The molecule has 236 valence electrons. The highest BCUT2D eigenvalue weighted by atomic mass is 32.2. The van der Waals surface area contributed by atoms with Crippen molar-refractivity contribution in [2.24, 2.45) is 12.5 Å². The second kappa shape index (κ2) is 11.0. The molecule has 14 heteroatoms. The van der Waals surface area contributed by atoms with Crippen LogP contribution in [0.2, 0.25) is 0 Å². The fourth-order valence-corrected chi connectivity index (χ4v) is 8.41. The fourth-order valence-electron chi connectivity index (χ4n) is 6.59. The number of sulfonamides is 1. The summed E-state index contributed by atoms with van der Waals surface area (Å²) in [7, 11) is -2.44. The number of benzene rings is 1. The van der Waals surface area contributed by atoms with Gasteiger partial charge in [-0.1, -0.05) is 5.57 Å². The van der Waals surface area contributed by atoms with Crippen LogP contribution in [0, 0.1) is 11.2 Å². The normalized spacial score (nSPS) is 20.2. The van der Waals surface area contributed by atoms with Gasteiger partial charge in [-0.15, -0.1) is 0 Å². The van der Waals surface area contributed by atoms with Gasteiger partial charge in [-0.05, 0) is 87.6 Å². The number of halogens is 4. The van der Waals surface area contributed by atoms with E-state index in [9.17, 15) is 30.8 Å². The first-order valence-electron chi connectivity index (χ1n) is 14.3. The van der Waals surface area contributed by atoms with Crippen molar-refractivity contribution in [1.82, 2.24) is 28.6 Å². The van der Waals surface area contributed by atoms with Gasteiger partial charge in [-0.3, -0.25) is 9.78 Å². The van der Waals surface area contributed by atoms with E-state index in [0.717, 1.165) is 18.3 Å². The number of nitrogens with zero attached hydrogens (tertiary/aromatic N) is 6. The number of hydrogen-bond donors (Lipinski definition) is 0. The first-order chi connectivity index (χ1) is 21.2. The molecule has 6 rings (SSSR count). The summed E-state index contributed by atoms with van der Waals surface area (Å²) in [5.74, 6) is -1.03. The molecule has 1 aromatic carbocycles. The summed E-state index contributed by atoms with van der Waals surface area (Å²) >= 11 is 0. The number of rotatable bonds is 7. The smallest absolute Gasteiger partial charge is 0.339 e. The summed E-state index contributed by atoms with van der Waals surface area (Å²) in [6, 6.07) is 6.13. The molecule has 0 amide bonds. The third-order valence-corrected chi connectivity index (χ3v) is 10.6. The maximum Gasteiger partial charge on any atom is 0.416 e. The van der Waals surface area contributed by atoms with Crippen LogP contribution in [0.3, 0.4) is 0 Å². The van der Waals surface area contributed by atoms with Crippen LogP contribution in [0.4, 0.5) is 17.6 Å². The molecule has 0 unspecified atom stereocenters. The van der Waals surface area contributed by atoms with E-state index >= 15 is 0 Å². The van der Waals surface area contributed by atoms with Gasteiger partial charge in [-0.2, -0.15) is 22.6 Å². The molecule has 0 saturated heterocycles. The average Bonchev–Trinajstić information content (AvgIpc) is 3.61. The molecule has 2 aliphatic carbocycles. The van der Waals surface area contributed by atoms with Crippen molar-refractivity contribution in [2.45, 2.75) is 62.8 Å². The van der Waals surface area contributed by atoms with Gasteiger partial charge in [0, 0.05) is 31.5 Å². The Morgan fingerprint density at radius 2 is 1.87 bits per heavy atom. The lowest BCUT2D eigenvalue weighted by molar-refractivity contribution is -0.137. The van der Waals surface area contributed by atoms with Gasteiger partial charge < -0.3 is 4.57 Å². The van der Waals surface area contributed by atoms with Crippen molar-refractivity contribution in [3.8, 4) is 5.69 Å². The summed E-state index contributed by atoms with van der Waals surface area (Å²) in [6.45, 7) is 3.47. The molecular weight excluding hydrogens is 612 g/mol. The van der Waals surface area contributed by atoms with Crippen LogP contribution in [-0.4, -0.2) is 54.9 Å². The molecule has 0 aliphatic heterocycles. The summed E-state index contributed by atoms with van der Waals surface area (Å²) in [6.07, 6.45) is 3.19. The molecule has 4 aromatic rings. The quantitative estimate of drug-likeness (QED) is 0.192. The van der Waals surface area contributed by atoms with E-state index in [-0.39, 0.29) is 23.6 Å². The number of carbonyl (C=O) groups is 1. The molecule has 0 radical (unpaired) electrons. The average molecular weight is 643 g/mol. The van der Waals surface area contributed by atoms with Gasteiger partial charge in [-0.25, -0.2) is 22.5 Å². The fraction of sp³-hybridized carbons (Fsp3) is 0.355. The van der Waals surface area contributed by atoms with Crippen LogP contribution in [0.15, 0.2) is 71.9 Å². The van der Waals surface area contributed by atoms with E-state index in [1.54, 1.807) is 43.9 Å². The maximum atomic E-state index is 14.5. The van der Waals surface area contributed by atoms with E-state index in [1.165, 1.54) is 33.5 Å². The molecule has 0 N–H and O–H groups in total. The minimum absolute atomic E-state index is 0.0149. The molecule has 9 nitrogen and oxygen atoms in total. The number of aryl methyl sites for hydroxylation is 1. The van der Waals surface area contributed by atoms with Gasteiger partial charge >= 0.3 is 6.18 Å². The molecule has 0 spiro atoms. The highest BCUT2D eigenvalue weighted by Gasteiger charge is 2.52. The standard InChI is InChI=1S/C31H30F4N6O3S/c1-19(2)41(45(43,44)28-17-39(3)18-37-28)25-7-4-21-13-27-20(16-38-40(27)24-8-5-23(32)6-9-24)14-30(21,15-25)29(42)26-12-22(10-11-36-26)31(33,34)35/h5-6,8-13,16-19,25H,4,7,14-15H2,1-3H3/t25-,30-/m0/s1. The van der Waals surface area contributed by atoms with E-state index in [4.69, 9.17) is 0 Å². The minimum atomic E-state index is -4.69. The Hall–Kier alpha value is -4.17. The first-order valence-corrected chi connectivity index (χ1v) is 15.8. The predicted molar refractivity (Wildman–Crippen MR) is 156 cm³/mol. The van der Waals surface area contributed by atoms with E-state index < -0.39 is 50.9 Å². The lowest BCUT2D eigenvalue weighted by atomic mass is 9.60. The molecule has 0 bridgehead atoms. The van der Waals surface area contributed by atoms with Gasteiger partial charge in [0.1, 0.15) is 11.5 Å². The molecule has 2 aliphatic rings. The number of ketones is 1. The minimum Gasteiger partial charge on any atom is -0.339 e. The number of pyridine rings is 1. The first kappa shape index (κ1) is 30.8. The van der Waals surface area contributed by atoms with Gasteiger partial charge in [0.15, 0.2) is 10.8 Å². The van der Waals surface area contributed by atoms with Crippen LogP contribution in [0.25, 0.3) is 11.8 Å². The van der Waals surface area contributed by atoms with Crippen LogP contribution >= 0.6 is 0 Å². The Kier molecular flexibility index (Phi) is 7.55. The van der Waals surface area contributed by atoms with Crippen molar-refractivity contribution in [3.05, 3.63) is 95.2 Å². The summed E-state index contributed by atoms with van der Waals surface area (Å²) in [4.78, 5) is 22.6. The molecule has 1 fully saturated rings. The maximum absolute atomic E-state index is 14.5. The van der Waals surface area contributed by atoms with Crippen molar-refractivity contribution in [1.29, 1.82) is 0 Å². The zero-order valence-corrected chi connectivity index (χ0v) is 25.5. The van der Waals surface area contributed by atoms with Crippen molar-refractivity contribution in [3.63, 3.8) is 0 Å². The summed E-state index contributed by atoms with van der Waals surface area (Å²) in [5.41, 5.74) is -0.194. The van der Waals surface area contributed by atoms with E-state index in [1.807, 2.05) is 6.08 Å². The summed E-state index contributed by atoms with van der Waals surface area (Å²) < 4.78 is 87.0. The number of imidazole rings is 1. The largest absolute Gasteiger partial charge is 0.416 e. The summed E-state index contributed by atoms with van der Waals surface area (Å²) in [5, 5.41) is 4.35. The predicted octanol–water partition coefficient (Wildman–Crippen LogP) is 5.62. The van der Waals surface area contributed by atoms with Gasteiger partial charge in [0.25, 0.3) is 10.0 Å². The molecule has 3 aromatic heterocycles. The lowest BCUT2D eigenvalue weighted by Crippen LogP contribution is -2.52.